The van der Waals surface area contributed by atoms with Crippen LogP contribution in [0, 0.1) is 5.92 Å². The van der Waals surface area contributed by atoms with Crippen LogP contribution in [0.4, 0.5) is 0 Å². The number of ether oxygens (including phenoxy) is 1. The highest BCUT2D eigenvalue weighted by molar-refractivity contribution is 7.85. The SMILES string of the molecule is CS(=O)(=O)OCC[C@H]1OCCN(C(=O)C2CCC2)C1c1ccc(Cl)c(Cl)c1. The van der Waals surface area contributed by atoms with Crippen molar-refractivity contribution < 1.29 is 22.1 Å². The first kappa shape index (κ1) is 20.9. The normalized spacial score (nSPS) is 23.9. The first-order valence-corrected chi connectivity index (χ1v) is 11.5. The standard InChI is InChI=1S/C18H23Cl2NO5S/c1-27(23,24)26-9-7-16-17(13-5-6-14(19)15(20)11-13)21(8-10-25-16)18(22)12-3-2-4-12/h5-6,11-12,16-17H,2-4,7-10H2,1H3/t16-,17?/m1/s1. The number of amides is 1. The number of hydrogen-bond donors (Lipinski definition) is 0. The van der Waals surface area contributed by atoms with Crippen LogP contribution in [-0.4, -0.2) is 51.3 Å². The van der Waals surface area contributed by atoms with Crippen molar-refractivity contribution in [2.45, 2.75) is 37.8 Å². The summed E-state index contributed by atoms with van der Waals surface area (Å²) in [5.41, 5.74) is 0.820. The van der Waals surface area contributed by atoms with Gasteiger partial charge in [-0.2, -0.15) is 8.42 Å². The molecule has 3 rings (SSSR count). The number of rotatable bonds is 6. The van der Waals surface area contributed by atoms with Crippen molar-refractivity contribution in [2.75, 3.05) is 26.0 Å². The van der Waals surface area contributed by atoms with Crippen molar-refractivity contribution >= 4 is 39.2 Å². The van der Waals surface area contributed by atoms with Crippen LogP contribution in [0.3, 0.4) is 0 Å². The fourth-order valence-electron chi connectivity index (χ4n) is 3.52. The summed E-state index contributed by atoms with van der Waals surface area (Å²) in [5.74, 6) is 0.177. The van der Waals surface area contributed by atoms with Gasteiger partial charge in [0, 0.05) is 18.9 Å². The second kappa shape index (κ2) is 8.66. The van der Waals surface area contributed by atoms with E-state index in [0.29, 0.717) is 29.6 Å². The van der Waals surface area contributed by atoms with Gasteiger partial charge in [-0.25, -0.2) is 0 Å². The van der Waals surface area contributed by atoms with Gasteiger partial charge in [-0.1, -0.05) is 35.7 Å². The topological polar surface area (TPSA) is 72.9 Å². The summed E-state index contributed by atoms with van der Waals surface area (Å²) in [5, 5.41) is 0.841. The third kappa shape index (κ3) is 5.15. The van der Waals surface area contributed by atoms with Crippen LogP contribution in [0.2, 0.25) is 10.0 Å². The van der Waals surface area contributed by atoms with E-state index in [9.17, 15) is 13.2 Å². The minimum Gasteiger partial charge on any atom is -0.374 e. The molecule has 0 bridgehead atoms. The highest BCUT2D eigenvalue weighted by Gasteiger charge is 2.40. The molecule has 2 fully saturated rings. The van der Waals surface area contributed by atoms with Gasteiger partial charge in [-0.3, -0.25) is 8.98 Å². The Bertz CT molecular complexity index is 797. The summed E-state index contributed by atoms with van der Waals surface area (Å²) in [4.78, 5) is 14.8. The van der Waals surface area contributed by atoms with Crippen LogP contribution < -0.4 is 0 Å². The zero-order valence-electron chi connectivity index (χ0n) is 15.1. The van der Waals surface area contributed by atoms with Crippen LogP contribution in [0.15, 0.2) is 18.2 Å². The second-order valence-electron chi connectivity index (χ2n) is 7.00. The molecule has 150 valence electrons. The van der Waals surface area contributed by atoms with E-state index < -0.39 is 10.1 Å². The summed E-state index contributed by atoms with van der Waals surface area (Å²) < 4.78 is 33.3. The number of carbonyl (C=O) groups excluding carboxylic acids is 1. The molecular weight excluding hydrogens is 413 g/mol. The summed E-state index contributed by atoms with van der Waals surface area (Å²) in [7, 11) is -3.53. The molecule has 0 aromatic heterocycles. The molecule has 27 heavy (non-hydrogen) atoms. The van der Waals surface area contributed by atoms with E-state index in [4.69, 9.17) is 32.1 Å². The molecule has 6 nitrogen and oxygen atoms in total. The average molecular weight is 436 g/mol. The maximum Gasteiger partial charge on any atom is 0.264 e. The molecule has 0 spiro atoms. The number of morpholine rings is 1. The number of halogens is 2. The Morgan fingerprint density at radius 2 is 2.04 bits per heavy atom. The molecule has 2 aliphatic rings. The van der Waals surface area contributed by atoms with Gasteiger partial charge in [0.05, 0.1) is 41.7 Å². The van der Waals surface area contributed by atoms with Crippen LogP contribution in [-0.2, 0) is 23.8 Å². The van der Waals surface area contributed by atoms with Crippen LogP contribution in [0.25, 0.3) is 0 Å². The molecule has 1 saturated heterocycles. The maximum atomic E-state index is 13.0. The van der Waals surface area contributed by atoms with Crippen LogP contribution in [0.1, 0.15) is 37.3 Å². The largest absolute Gasteiger partial charge is 0.374 e. The average Bonchev–Trinajstić information content (AvgIpc) is 2.54. The van der Waals surface area contributed by atoms with Gasteiger partial charge in [-0.15, -0.1) is 0 Å². The lowest BCUT2D eigenvalue weighted by molar-refractivity contribution is -0.154. The number of nitrogens with zero attached hydrogens (tertiary/aromatic N) is 1. The van der Waals surface area contributed by atoms with E-state index >= 15 is 0 Å². The predicted molar refractivity (Wildman–Crippen MR) is 103 cm³/mol. The molecule has 1 aromatic rings. The summed E-state index contributed by atoms with van der Waals surface area (Å²) >= 11 is 12.2. The van der Waals surface area contributed by atoms with E-state index in [-0.39, 0.29) is 30.6 Å². The lowest BCUT2D eigenvalue weighted by atomic mass is 9.83. The first-order valence-electron chi connectivity index (χ1n) is 8.97. The molecule has 2 atom stereocenters. The Morgan fingerprint density at radius 3 is 2.63 bits per heavy atom. The first-order chi connectivity index (χ1) is 12.8. The van der Waals surface area contributed by atoms with E-state index in [0.717, 1.165) is 31.1 Å². The molecule has 9 heteroatoms. The minimum atomic E-state index is -3.53. The fourth-order valence-corrected chi connectivity index (χ4v) is 4.22. The zero-order valence-corrected chi connectivity index (χ0v) is 17.4. The summed E-state index contributed by atoms with van der Waals surface area (Å²) in [6.45, 7) is 0.885. The van der Waals surface area contributed by atoms with Crippen molar-refractivity contribution in [1.29, 1.82) is 0 Å². The Hall–Kier alpha value is -0.860. The van der Waals surface area contributed by atoms with Crippen molar-refractivity contribution in [3.63, 3.8) is 0 Å². The van der Waals surface area contributed by atoms with Crippen LogP contribution >= 0.6 is 23.2 Å². The Balaban J connectivity index is 1.85. The quantitative estimate of drug-likeness (QED) is 0.639. The lowest BCUT2D eigenvalue weighted by Gasteiger charge is -2.44. The third-order valence-corrected chi connectivity index (χ3v) is 6.41. The van der Waals surface area contributed by atoms with E-state index in [2.05, 4.69) is 0 Å². The number of carbonyl (C=O) groups is 1. The smallest absolute Gasteiger partial charge is 0.264 e. The number of hydrogen-bond acceptors (Lipinski definition) is 5. The molecule has 1 aromatic carbocycles. The van der Waals surface area contributed by atoms with Gasteiger partial charge in [0.2, 0.25) is 5.91 Å². The van der Waals surface area contributed by atoms with E-state index in [1.54, 1.807) is 12.1 Å². The van der Waals surface area contributed by atoms with Gasteiger partial charge >= 0.3 is 0 Å². The Morgan fingerprint density at radius 1 is 1.30 bits per heavy atom. The maximum absolute atomic E-state index is 13.0. The summed E-state index contributed by atoms with van der Waals surface area (Å²) in [6.07, 6.45) is 3.85. The molecule has 1 aliphatic heterocycles. The predicted octanol–water partition coefficient (Wildman–Crippen LogP) is 3.43. The van der Waals surface area contributed by atoms with Crippen molar-refractivity contribution in [3.8, 4) is 0 Å². The van der Waals surface area contributed by atoms with Crippen molar-refractivity contribution in [2.24, 2.45) is 5.92 Å². The molecule has 1 amide bonds. The lowest BCUT2D eigenvalue weighted by Crippen LogP contribution is -2.51. The highest BCUT2D eigenvalue weighted by atomic mass is 35.5. The minimum absolute atomic E-state index is 0.00716. The molecule has 1 aliphatic carbocycles. The Kier molecular flexibility index (Phi) is 6.69. The molecule has 1 saturated carbocycles. The van der Waals surface area contributed by atoms with Crippen molar-refractivity contribution in [3.05, 3.63) is 33.8 Å². The molecule has 1 unspecified atom stereocenters. The molecular formula is C18H23Cl2NO5S. The third-order valence-electron chi connectivity index (χ3n) is 5.07. The van der Waals surface area contributed by atoms with Gasteiger partial charge in [0.1, 0.15) is 0 Å². The van der Waals surface area contributed by atoms with Gasteiger partial charge in [0.25, 0.3) is 10.1 Å². The van der Waals surface area contributed by atoms with E-state index in [1.165, 1.54) is 0 Å². The van der Waals surface area contributed by atoms with Crippen LogP contribution in [0.5, 0.6) is 0 Å². The van der Waals surface area contributed by atoms with Crippen molar-refractivity contribution in [1.82, 2.24) is 4.90 Å². The fraction of sp³-hybridized carbons (Fsp3) is 0.611. The van der Waals surface area contributed by atoms with Gasteiger partial charge < -0.3 is 9.64 Å². The van der Waals surface area contributed by atoms with Gasteiger partial charge in [0.15, 0.2) is 0 Å². The number of benzene rings is 1. The van der Waals surface area contributed by atoms with E-state index in [1.807, 2.05) is 11.0 Å². The molecule has 0 radical (unpaired) electrons. The Labute approximate surface area is 169 Å². The monoisotopic (exact) mass is 435 g/mol. The summed E-state index contributed by atoms with van der Waals surface area (Å²) in [6, 6.07) is 4.92. The van der Waals surface area contributed by atoms with Gasteiger partial charge in [-0.05, 0) is 30.5 Å². The molecule has 1 heterocycles. The molecule has 0 N–H and O–H groups in total. The second-order valence-corrected chi connectivity index (χ2v) is 9.46. The zero-order chi connectivity index (χ0) is 19.6. The highest BCUT2D eigenvalue weighted by Crippen LogP contribution is 2.38.